The number of hydrogen-bond acceptors (Lipinski definition) is 3. The number of esters is 1. The molecule has 0 radical (unpaired) electrons. The van der Waals surface area contributed by atoms with Crippen LogP contribution in [0.2, 0.25) is 0 Å². The summed E-state index contributed by atoms with van der Waals surface area (Å²) < 4.78 is 5.44. The summed E-state index contributed by atoms with van der Waals surface area (Å²) in [6.07, 6.45) is 2.57. The summed E-state index contributed by atoms with van der Waals surface area (Å²) in [5.74, 6) is 1.31. The van der Waals surface area contributed by atoms with Crippen LogP contribution in [0.25, 0.3) is 0 Å². The van der Waals surface area contributed by atoms with Gasteiger partial charge in [0.05, 0.1) is 5.92 Å². The molecule has 18 heavy (non-hydrogen) atoms. The summed E-state index contributed by atoms with van der Waals surface area (Å²) in [7, 11) is 0. The topological polar surface area (TPSA) is 38.3 Å². The van der Waals surface area contributed by atoms with Gasteiger partial charge in [-0.05, 0) is 36.8 Å². The van der Waals surface area contributed by atoms with Gasteiger partial charge in [0.1, 0.15) is 6.61 Å². The Balaban J connectivity index is 1.54. The van der Waals surface area contributed by atoms with Gasteiger partial charge in [-0.25, -0.2) is 0 Å². The molecule has 0 aromatic heterocycles. The van der Waals surface area contributed by atoms with Gasteiger partial charge in [0.25, 0.3) is 0 Å². The number of carbonyl (C=O) groups is 1. The fourth-order valence-electron chi connectivity index (χ4n) is 2.81. The van der Waals surface area contributed by atoms with E-state index in [9.17, 15) is 4.79 Å². The molecule has 96 valence electrons. The Morgan fingerprint density at radius 3 is 2.72 bits per heavy atom. The second kappa shape index (κ2) is 5.11. The van der Waals surface area contributed by atoms with Crippen LogP contribution in [-0.2, 0) is 16.1 Å². The van der Waals surface area contributed by atoms with Gasteiger partial charge in [0.2, 0.25) is 0 Å². The molecule has 0 amide bonds. The number of benzene rings is 1. The smallest absolute Gasteiger partial charge is 0.310 e. The minimum atomic E-state index is -0.0271. The molecule has 2 fully saturated rings. The van der Waals surface area contributed by atoms with Crippen LogP contribution < -0.4 is 5.32 Å². The van der Waals surface area contributed by atoms with E-state index in [2.05, 4.69) is 5.32 Å². The maximum absolute atomic E-state index is 12.1. The molecule has 2 atom stereocenters. The maximum Gasteiger partial charge on any atom is 0.310 e. The highest BCUT2D eigenvalue weighted by Crippen LogP contribution is 2.42. The highest BCUT2D eigenvalue weighted by molar-refractivity contribution is 5.73. The summed E-state index contributed by atoms with van der Waals surface area (Å²) in [5.41, 5.74) is 1.06. The minimum absolute atomic E-state index is 0.0271. The Labute approximate surface area is 108 Å². The molecule has 1 aromatic carbocycles. The first-order valence-electron chi connectivity index (χ1n) is 6.76. The molecule has 1 saturated carbocycles. The number of hydrogen-bond donors (Lipinski definition) is 1. The van der Waals surface area contributed by atoms with Crippen molar-refractivity contribution in [2.24, 2.45) is 17.8 Å². The summed E-state index contributed by atoms with van der Waals surface area (Å²) in [5, 5.41) is 3.32. The van der Waals surface area contributed by atoms with Gasteiger partial charge in [-0.1, -0.05) is 30.3 Å². The van der Waals surface area contributed by atoms with E-state index in [0.29, 0.717) is 12.5 Å². The van der Waals surface area contributed by atoms with Crippen molar-refractivity contribution in [2.75, 3.05) is 13.1 Å². The lowest BCUT2D eigenvalue weighted by Crippen LogP contribution is -2.26. The number of rotatable bonds is 4. The normalized spacial score (nSPS) is 27.1. The van der Waals surface area contributed by atoms with Crippen LogP contribution in [0.5, 0.6) is 0 Å². The molecule has 2 aliphatic rings. The molecule has 3 rings (SSSR count). The van der Waals surface area contributed by atoms with Gasteiger partial charge in [0.15, 0.2) is 0 Å². The van der Waals surface area contributed by atoms with Crippen LogP contribution in [0.3, 0.4) is 0 Å². The molecular weight excluding hydrogens is 226 g/mol. The molecule has 1 heterocycles. The third-order valence-corrected chi connectivity index (χ3v) is 4.02. The second-order valence-corrected chi connectivity index (χ2v) is 5.36. The van der Waals surface area contributed by atoms with Crippen LogP contribution in [-0.4, -0.2) is 19.1 Å². The summed E-state index contributed by atoms with van der Waals surface area (Å²) in [6.45, 7) is 2.16. The van der Waals surface area contributed by atoms with Crippen LogP contribution in [0, 0.1) is 17.8 Å². The summed E-state index contributed by atoms with van der Waals surface area (Å²) in [4.78, 5) is 12.1. The predicted molar refractivity (Wildman–Crippen MR) is 68.8 cm³/mol. The van der Waals surface area contributed by atoms with Crippen LogP contribution >= 0.6 is 0 Å². The Bertz CT molecular complexity index is 414. The highest BCUT2D eigenvalue weighted by Gasteiger charge is 2.43. The Morgan fingerprint density at radius 1 is 1.22 bits per heavy atom. The molecular formula is C15H19NO2. The molecule has 0 bridgehead atoms. The zero-order chi connectivity index (χ0) is 12.4. The van der Waals surface area contributed by atoms with Crippen molar-refractivity contribution in [2.45, 2.75) is 19.4 Å². The van der Waals surface area contributed by atoms with Crippen molar-refractivity contribution in [3.05, 3.63) is 35.9 Å². The number of carbonyl (C=O) groups excluding carboxylic acids is 1. The van der Waals surface area contributed by atoms with Gasteiger partial charge < -0.3 is 10.1 Å². The van der Waals surface area contributed by atoms with Crippen LogP contribution in [0.1, 0.15) is 18.4 Å². The summed E-state index contributed by atoms with van der Waals surface area (Å²) in [6, 6.07) is 9.87. The third kappa shape index (κ3) is 2.56. The minimum Gasteiger partial charge on any atom is -0.461 e. The average molecular weight is 245 g/mol. The van der Waals surface area contributed by atoms with Crippen molar-refractivity contribution in [3.8, 4) is 0 Å². The van der Waals surface area contributed by atoms with Gasteiger partial charge in [-0.3, -0.25) is 4.79 Å². The molecule has 3 nitrogen and oxygen atoms in total. The molecule has 1 aliphatic heterocycles. The molecule has 1 aromatic rings. The second-order valence-electron chi connectivity index (χ2n) is 5.36. The maximum atomic E-state index is 12.1. The SMILES string of the molecule is O=C(OCc1ccccc1)[C@H]1CNC[C@@H]1C1CC1. The molecule has 3 heteroatoms. The van der Waals surface area contributed by atoms with Crippen molar-refractivity contribution in [3.63, 3.8) is 0 Å². The quantitative estimate of drug-likeness (QED) is 0.824. The van der Waals surface area contributed by atoms with E-state index in [4.69, 9.17) is 4.74 Å². The largest absolute Gasteiger partial charge is 0.461 e. The zero-order valence-electron chi connectivity index (χ0n) is 10.5. The van der Waals surface area contributed by atoms with E-state index in [0.717, 1.165) is 24.6 Å². The molecule has 1 N–H and O–H groups in total. The number of nitrogens with one attached hydrogen (secondary N) is 1. The average Bonchev–Trinajstić information content (AvgIpc) is 3.14. The lowest BCUT2D eigenvalue weighted by molar-refractivity contribution is -0.150. The first-order chi connectivity index (χ1) is 8.84. The monoisotopic (exact) mass is 245 g/mol. The summed E-state index contributed by atoms with van der Waals surface area (Å²) >= 11 is 0. The molecule has 1 aliphatic carbocycles. The van der Waals surface area contributed by atoms with E-state index in [1.165, 1.54) is 12.8 Å². The standard InChI is InChI=1S/C15H19NO2/c17-15(18-10-11-4-2-1-3-5-11)14-9-16-8-13(14)12-6-7-12/h1-5,12-14,16H,6-10H2/t13-,14+/m1/s1. The van der Waals surface area contributed by atoms with E-state index >= 15 is 0 Å². The first-order valence-corrected chi connectivity index (χ1v) is 6.76. The van der Waals surface area contributed by atoms with Crippen LogP contribution in [0.4, 0.5) is 0 Å². The van der Waals surface area contributed by atoms with E-state index in [1.54, 1.807) is 0 Å². The van der Waals surface area contributed by atoms with Crippen LogP contribution in [0.15, 0.2) is 30.3 Å². The highest BCUT2D eigenvalue weighted by atomic mass is 16.5. The Hall–Kier alpha value is -1.35. The van der Waals surface area contributed by atoms with Crippen molar-refractivity contribution in [1.82, 2.24) is 5.32 Å². The van der Waals surface area contributed by atoms with Crippen molar-refractivity contribution >= 4 is 5.97 Å². The molecule has 1 saturated heterocycles. The van der Waals surface area contributed by atoms with E-state index in [1.807, 2.05) is 30.3 Å². The number of ether oxygens (including phenoxy) is 1. The van der Waals surface area contributed by atoms with E-state index in [-0.39, 0.29) is 11.9 Å². The Kier molecular flexibility index (Phi) is 3.33. The lowest BCUT2D eigenvalue weighted by atomic mass is 9.91. The fourth-order valence-corrected chi connectivity index (χ4v) is 2.81. The van der Waals surface area contributed by atoms with Crippen molar-refractivity contribution in [1.29, 1.82) is 0 Å². The Morgan fingerprint density at radius 2 is 2.00 bits per heavy atom. The predicted octanol–water partition coefficient (Wildman–Crippen LogP) is 1.98. The fraction of sp³-hybridized carbons (Fsp3) is 0.533. The zero-order valence-corrected chi connectivity index (χ0v) is 10.5. The van der Waals surface area contributed by atoms with E-state index < -0.39 is 0 Å². The third-order valence-electron chi connectivity index (χ3n) is 4.02. The van der Waals surface area contributed by atoms with Gasteiger partial charge >= 0.3 is 5.97 Å². The molecule has 0 unspecified atom stereocenters. The van der Waals surface area contributed by atoms with Gasteiger partial charge in [-0.15, -0.1) is 0 Å². The van der Waals surface area contributed by atoms with Crippen molar-refractivity contribution < 1.29 is 9.53 Å². The first kappa shape index (κ1) is 11.7. The lowest BCUT2D eigenvalue weighted by Gasteiger charge is -2.16. The van der Waals surface area contributed by atoms with Gasteiger partial charge in [-0.2, -0.15) is 0 Å². The molecule has 0 spiro atoms. The van der Waals surface area contributed by atoms with Gasteiger partial charge in [0, 0.05) is 6.54 Å².